The van der Waals surface area contributed by atoms with Gasteiger partial charge in [0.1, 0.15) is 4.60 Å². The minimum absolute atomic E-state index is 0.767. The van der Waals surface area contributed by atoms with Crippen LogP contribution in [0.25, 0.3) is 11.3 Å². The molecule has 0 aliphatic heterocycles. The van der Waals surface area contributed by atoms with Crippen molar-refractivity contribution in [1.82, 2.24) is 10.2 Å². The maximum Gasteiger partial charge on any atom is 0.132 e. The third-order valence-electron chi connectivity index (χ3n) is 2.03. The monoisotopic (exact) mass is 326 g/mol. The first-order valence-corrected chi connectivity index (χ1v) is 6.36. The molecule has 1 heterocycles. The molecule has 0 aliphatic carbocycles. The van der Waals surface area contributed by atoms with Gasteiger partial charge in [-0.25, -0.2) is 0 Å². The quantitative estimate of drug-likeness (QED) is 0.784. The summed E-state index contributed by atoms with van der Waals surface area (Å²) >= 11 is 6.78. The fraction of sp³-hybridized carbons (Fsp3) is 0.0909. The molecule has 0 saturated heterocycles. The minimum Gasteiger partial charge on any atom is -0.149 e. The smallest absolute Gasteiger partial charge is 0.132 e. The predicted molar refractivity (Wildman–Crippen MR) is 67.8 cm³/mol. The Morgan fingerprint density at radius 1 is 1.07 bits per heavy atom. The van der Waals surface area contributed by atoms with Crippen molar-refractivity contribution in [2.24, 2.45) is 0 Å². The molecule has 76 valence electrons. The lowest BCUT2D eigenvalue weighted by atomic mass is 10.1. The van der Waals surface area contributed by atoms with Gasteiger partial charge in [-0.2, -0.15) is 0 Å². The fourth-order valence-corrected chi connectivity index (χ4v) is 2.40. The summed E-state index contributed by atoms with van der Waals surface area (Å²) in [5.74, 6) is 0. The van der Waals surface area contributed by atoms with Crippen LogP contribution in [0.5, 0.6) is 0 Å². The van der Waals surface area contributed by atoms with E-state index in [2.05, 4.69) is 42.1 Å². The zero-order valence-corrected chi connectivity index (χ0v) is 11.0. The topological polar surface area (TPSA) is 25.8 Å². The van der Waals surface area contributed by atoms with Crippen LogP contribution in [0.4, 0.5) is 0 Å². The van der Waals surface area contributed by atoms with E-state index in [4.69, 9.17) is 0 Å². The van der Waals surface area contributed by atoms with Crippen LogP contribution in [-0.4, -0.2) is 10.2 Å². The Balaban J connectivity index is 2.46. The van der Waals surface area contributed by atoms with E-state index in [0.29, 0.717) is 0 Å². The zero-order valence-electron chi connectivity index (χ0n) is 7.82. The number of hydrogen-bond donors (Lipinski definition) is 0. The second-order valence-corrected chi connectivity index (χ2v) is 4.36. The first-order valence-electron chi connectivity index (χ1n) is 4.45. The summed E-state index contributed by atoms with van der Waals surface area (Å²) in [6, 6.07) is 12.0. The fourth-order valence-electron chi connectivity index (χ4n) is 1.26. The van der Waals surface area contributed by atoms with E-state index >= 15 is 0 Å². The number of hydrogen-bond acceptors (Lipinski definition) is 2. The van der Waals surface area contributed by atoms with Crippen LogP contribution in [0, 0.1) is 0 Å². The normalized spacial score (nSPS) is 10.3. The number of rotatable bonds is 2. The molecular weight excluding hydrogens is 320 g/mol. The van der Waals surface area contributed by atoms with E-state index in [0.717, 1.165) is 26.8 Å². The molecule has 0 spiro atoms. The Kier molecular flexibility index (Phi) is 3.49. The molecular formula is C11H8Br2N2. The summed E-state index contributed by atoms with van der Waals surface area (Å²) < 4.78 is 0.791. The van der Waals surface area contributed by atoms with Gasteiger partial charge in [-0.3, -0.25) is 0 Å². The lowest BCUT2D eigenvalue weighted by Gasteiger charge is -2.03. The average molecular weight is 328 g/mol. The summed E-state index contributed by atoms with van der Waals surface area (Å²) in [6.45, 7) is 0. The van der Waals surface area contributed by atoms with Crippen LogP contribution in [0.2, 0.25) is 0 Å². The van der Waals surface area contributed by atoms with Crippen molar-refractivity contribution in [3.8, 4) is 11.3 Å². The summed E-state index contributed by atoms with van der Waals surface area (Å²) in [7, 11) is 0. The highest BCUT2D eigenvalue weighted by Gasteiger charge is 2.04. The van der Waals surface area contributed by atoms with Crippen LogP contribution >= 0.6 is 31.9 Å². The number of benzene rings is 1. The molecule has 1 aromatic heterocycles. The van der Waals surface area contributed by atoms with Crippen LogP contribution in [-0.2, 0) is 5.33 Å². The van der Waals surface area contributed by atoms with Crippen LogP contribution in [0.1, 0.15) is 5.56 Å². The van der Waals surface area contributed by atoms with Crippen molar-refractivity contribution in [3.63, 3.8) is 0 Å². The third kappa shape index (κ3) is 2.44. The van der Waals surface area contributed by atoms with Gasteiger partial charge < -0.3 is 0 Å². The standard InChI is InChI=1S/C11H8Br2N2/c12-7-9-6-10(14-15-11(9)13)8-4-2-1-3-5-8/h1-6H,7H2. The molecule has 2 nitrogen and oxygen atoms in total. The highest BCUT2D eigenvalue weighted by atomic mass is 79.9. The molecule has 0 aliphatic rings. The first kappa shape index (κ1) is 10.8. The molecule has 0 unspecified atom stereocenters. The van der Waals surface area contributed by atoms with Gasteiger partial charge in [-0.05, 0) is 27.6 Å². The van der Waals surface area contributed by atoms with E-state index < -0.39 is 0 Å². The van der Waals surface area contributed by atoms with Gasteiger partial charge >= 0.3 is 0 Å². The Bertz CT molecular complexity index is 457. The Labute approximate surface area is 105 Å². The average Bonchev–Trinajstić information content (AvgIpc) is 2.31. The van der Waals surface area contributed by atoms with E-state index in [-0.39, 0.29) is 0 Å². The summed E-state index contributed by atoms with van der Waals surface area (Å²) in [5.41, 5.74) is 3.08. The van der Waals surface area contributed by atoms with Crippen LogP contribution in [0.15, 0.2) is 41.0 Å². The second-order valence-electron chi connectivity index (χ2n) is 3.05. The molecule has 4 heteroatoms. The number of halogens is 2. The van der Waals surface area contributed by atoms with Gasteiger partial charge in [0.2, 0.25) is 0 Å². The molecule has 0 N–H and O–H groups in total. The van der Waals surface area contributed by atoms with Gasteiger partial charge in [0, 0.05) is 10.9 Å². The molecule has 2 aromatic rings. The third-order valence-corrected chi connectivity index (χ3v) is 3.31. The lowest BCUT2D eigenvalue weighted by molar-refractivity contribution is 0.991. The van der Waals surface area contributed by atoms with Crippen molar-refractivity contribution in [2.75, 3.05) is 0 Å². The SMILES string of the molecule is BrCc1cc(-c2ccccc2)nnc1Br. The molecule has 15 heavy (non-hydrogen) atoms. The largest absolute Gasteiger partial charge is 0.149 e. The van der Waals surface area contributed by atoms with E-state index in [1.165, 1.54) is 0 Å². The molecule has 0 atom stereocenters. The van der Waals surface area contributed by atoms with Crippen molar-refractivity contribution < 1.29 is 0 Å². The molecule has 0 saturated carbocycles. The minimum atomic E-state index is 0.767. The van der Waals surface area contributed by atoms with Crippen molar-refractivity contribution in [1.29, 1.82) is 0 Å². The van der Waals surface area contributed by atoms with Gasteiger partial charge in [0.15, 0.2) is 0 Å². The maximum atomic E-state index is 4.14. The predicted octanol–water partition coefficient (Wildman–Crippen LogP) is 3.80. The van der Waals surface area contributed by atoms with Crippen molar-refractivity contribution in [3.05, 3.63) is 46.6 Å². The highest BCUT2D eigenvalue weighted by Crippen LogP contribution is 2.22. The van der Waals surface area contributed by atoms with Crippen molar-refractivity contribution in [2.45, 2.75) is 5.33 Å². The summed E-state index contributed by atoms with van der Waals surface area (Å²) in [4.78, 5) is 0. The zero-order chi connectivity index (χ0) is 10.7. The summed E-state index contributed by atoms with van der Waals surface area (Å²) in [6.07, 6.45) is 0. The molecule has 0 radical (unpaired) electrons. The maximum absolute atomic E-state index is 4.14. The van der Waals surface area contributed by atoms with E-state index in [1.807, 2.05) is 36.4 Å². The molecule has 0 bridgehead atoms. The number of aromatic nitrogens is 2. The van der Waals surface area contributed by atoms with Crippen molar-refractivity contribution >= 4 is 31.9 Å². The Hall–Kier alpha value is -0.740. The van der Waals surface area contributed by atoms with Gasteiger partial charge in [0.25, 0.3) is 0 Å². The Morgan fingerprint density at radius 2 is 1.80 bits per heavy atom. The molecule has 1 aromatic carbocycles. The van der Waals surface area contributed by atoms with Crippen LogP contribution in [0.3, 0.4) is 0 Å². The molecule has 0 fully saturated rings. The highest BCUT2D eigenvalue weighted by molar-refractivity contribution is 9.10. The Morgan fingerprint density at radius 3 is 2.47 bits per heavy atom. The van der Waals surface area contributed by atoms with Crippen LogP contribution < -0.4 is 0 Å². The van der Waals surface area contributed by atoms with Gasteiger partial charge in [-0.15, -0.1) is 10.2 Å². The molecule has 0 amide bonds. The van der Waals surface area contributed by atoms with Gasteiger partial charge in [-0.1, -0.05) is 46.3 Å². The second kappa shape index (κ2) is 4.86. The van der Waals surface area contributed by atoms with E-state index in [9.17, 15) is 0 Å². The summed E-state index contributed by atoms with van der Waals surface area (Å²) in [5, 5.41) is 8.97. The van der Waals surface area contributed by atoms with Gasteiger partial charge in [0.05, 0.1) is 5.69 Å². The lowest BCUT2D eigenvalue weighted by Crippen LogP contribution is -1.92. The first-order chi connectivity index (χ1) is 7.31. The van der Waals surface area contributed by atoms with E-state index in [1.54, 1.807) is 0 Å². The number of alkyl halides is 1. The molecule has 2 rings (SSSR count). The number of nitrogens with zero attached hydrogens (tertiary/aromatic N) is 2.